The van der Waals surface area contributed by atoms with Crippen LogP contribution in [0.5, 0.6) is 5.75 Å². The van der Waals surface area contributed by atoms with Gasteiger partial charge in [-0.2, -0.15) is 5.10 Å². The van der Waals surface area contributed by atoms with E-state index in [2.05, 4.69) is 20.7 Å². The number of rotatable bonds is 2. The summed E-state index contributed by atoms with van der Waals surface area (Å²) in [6.07, 6.45) is 1.56. The molecular formula is C15H14ClN5O2. The Labute approximate surface area is 136 Å². The lowest BCUT2D eigenvalue weighted by Gasteiger charge is -2.08. The van der Waals surface area contributed by atoms with Gasteiger partial charge in [-0.3, -0.25) is 4.68 Å². The fourth-order valence-electron chi connectivity index (χ4n) is 2.25. The van der Waals surface area contributed by atoms with Crippen molar-refractivity contribution in [3.63, 3.8) is 0 Å². The zero-order valence-corrected chi connectivity index (χ0v) is 13.2. The van der Waals surface area contributed by atoms with Crippen molar-refractivity contribution in [2.75, 3.05) is 10.6 Å². The van der Waals surface area contributed by atoms with Crippen LogP contribution in [0.25, 0.3) is 11.0 Å². The number of hydrogen-bond acceptors (Lipinski definition) is 4. The molecule has 0 saturated heterocycles. The van der Waals surface area contributed by atoms with Crippen LogP contribution in [0.1, 0.15) is 5.69 Å². The summed E-state index contributed by atoms with van der Waals surface area (Å²) in [5, 5.41) is 20.0. The van der Waals surface area contributed by atoms with Crippen LogP contribution in [0, 0.1) is 6.92 Å². The van der Waals surface area contributed by atoms with Crippen molar-refractivity contribution < 1.29 is 9.90 Å². The predicted octanol–water partition coefficient (Wildman–Crippen LogP) is 3.28. The summed E-state index contributed by atoms with van der Waals surface area (Å²) in [6, 6.07) is 5.80. The van der Waals surface area contributed by atoms with Crippen LogP contribution in [0.15, 0.2) is 30.5 Å². The number of aromatic nitrogens is 3. The molecule has 0 unspecified atom stereocenters. The molecule has 0 aliphatic rings. The maximum Gasteiger partial charge on any atom is 0.323 e. The average molecular weight is 332 g/mol. The van der Waals surface area contributed by atoms with E-state index in [4.69, 9.17) is 11.6 Å². The van der Waals surface area contributed by atoms with Crippen LogP contribution in [-0.2, 0) is 7.05 Å². The van der Waals surface area contributed by atoms with Crippen molar-refractivity contribution in [3.8, 4) is 5.75 Å². The molecular weight excluding hydrogens is 318 g/mol. The van der Waals surface area contributed by atoms with Gasteiger partial charge in [-0.15, -0.1) is 0 Å². The molecule has 0 radical (unpaired) electrons. The van der Waals surface area contributed by atoms with Gasteiger partial charge in [0, 0.05) is 18.1 Å². The van der Waals surface area contributed by atoms with E-state index in [1.54, 1.807) is 16.9 Å². The van der Waals surface area contributed by atoms with Gasteiger partial charge in [-0.25, -0.2) is 9.78 Å². The highest BCUT2D eigenvalue weighted by Crippen LogP contribution is 2.26. The summed E-state index contributed by atoms with van der Waals surface area (Å²) in [6.45, 7) is 1.88. The number of fused-ring (bicyclic) bond motifs is 1. The highest BCUT2D eigenvalue weighted by molar-refractivity contribution is 6.32. The molecule has 118 valence electrons. The second-order valence-corrected chi connectivity index (χ2v) is 5.46. The van der Waals surface area contributed by atoms with E-state index in [1.807, 2.05) is 20.0 Å². The Balaban J connectivity index is 1.77. The van der Waals surface area contributed by atoms with Crippen molar-refractivity contribution in [2.45, 2.75) is 6.92 Å². The van der Waals surface area contributed by atoms with Gasteiger partial charge in [-0.05, 0) is 31.2 Å². The van der Waals surface area contributed by atoms with E-state index in [9.17, 15) is 9.90 Å². The zero-order chi connectivity index (χ0) is 16.6. The molecule has 3 aromatic rings. The molecule has 1 aromatic carbocycles. The number of aryl methyl sites for hydroxylation is 2. The van der Waals surface area contributed by atoms with E-state index in [0.717, 1.165) is 16.7 Å². The molecule has 3 N–H and O–H groups in total. The lowest BCUT2D eigenvalue weighted by Crippen LogP contribution is -2.19. The van der Waals surface area contributed by atoms with Gasteiger partial charge in [0.1, 0.15) is 5.75 Å². The molecule has 0 saturated carbocycles. The van der Waals surface area contributed by atoms with E-state index in [0.29, 0.717) is 11.4 Å². The van der Waals surface area contributed by atoms with Gasteiger partial charge in [0.05, 0.1) is 22.6 Å². The second-order valence-electron chi connectivity index (χ2n) is 5.05. The van der Waals surface area contributed by atoms with Crippen LogP contribution < -0.4 is 10.6 Å². The van der Waals surface area contributed by atoms with Gasteiger partial charge in [0.25, 0.3) is 0 Å². The zero-order valence-electron chi connectivity index (χ0n) is 12.5. The van der Waals surface area contributed by atoms with Crippen molar-refractivity contribution in [1.82, 2.24) is 14.8 Å². The lowest BCUT2D eigenvalue weighted by molar-refractivity contribution is 0.262. The Bertz CT molecular complexity index is 906. The maximum atomic E-state index is 12.0. The third-order valence-corrected chi connectivity index (χ3v) is 3.63. The summed E-state index contributed by atoms with van der Waals surface area (Å²) in [5.74, 6) is -0.0423. The quantitative estimate of drug-likeness (QED) is 0.628. The number of aromatic hydroxyl groups is 1. The van der Waals surface area contributed by atoms with E-state index < -0.39 is 6.03 Å². The summed E-state index contributed by atoms with van der Waals surface area (Å²) < 4.78 is 1.69. The molecule has 2 aromatic heterocycles. The number of carbonyl (C=O) groups excluding carboxylic acids is 1. The van der Waals surface area contributed by atoms with Crippen LogP contribution in [0.2, 0.25) is 5.02 Å². The third-order valence-electron chi connectivity index (χ3n) is 3.33. The fourth-order valence-corrected chi connectivity index (χ4v) is 2.43. The first-order chi connectivity index (χ1) is 10.9. The average Bonchev–Trinajstić information content (AvgIpc) is 2.77. The van der Waals surface area contributed by atoms with Gasteiger partial charge >= 0.3 is 6.03 Å². The van der Waals surface area contributed by atoms with Crippen LogP contribution in [0.4, 0.5) is 16.2 Å². The highest BCUT2D eigenvalue weighted by Gasteiger charge is 2.09. The van der Waals surface area contributed by atoms with Crippen molar-refractivity contribution in [2.24, 2.45) is 7.05 Å². The monoisotopic (exact) mass is 331 g/mol. The first-order valence-electron chi connectivity index (χ1n) is 6.80. The normalized spacial score (nSPS) is 10.7. The number of nitrogens with zero attached hydrogens (tertiary/aromatic N) is 3. The van der Waals surface area contributed by atoms with Gasteiger partial charge in [0.15, 0.2) is 5.65 Å². The minimum atomic E-state index is -0.436. The predicted molar refractivity (Wildman–Crippen MR) is 89.0 cm³/mol. The SMILES string of the molecule is Cc1nn(C)c2ncc(NC(=O)Nc3ccc(O)c(Cl)c3)cc12. The van der Waals surface area contributed by atoms with E-state index >= 15 is 0 Å². The van der Waals surface area contributed by atoms with Crippen molar-refractivity contribution in [3.05, 3.63) is 41.2 Å². The molecule has 0 spiro atoms. The van der Waals surface area contributed by atoms with Crippen LogP contribution >= 0.6 is 11.6 Å². The third kappa shape index (κ3) is 3.04. The summed E-state index contributed by atoms with van der Waals surface area (Å²) in [7, 11) is 1.82. The number of urea groups is 1. The number of hydrogen-bond donors (Lipinski definition) is 3. The standard InChI is InChI=1S/C15H14ClN5O2/c1-8-11-5-10(7-17-14(11)21(2)20-8)19-15(23)18-9-3-4-13(22)12(16)6-9/h3-7,22H,1-2H3,(H2,18,19,23). The Morgan fingerprint density at radius 1 is 1.26 bits per heavy atom. The molecule has 23 heavy (non-hydrogen) atoms. The largest absolute Gasteiger partial charge is 0.506 e. The number of anilines is 2. The Hall–Kier alpha value is -2.80. The van der Waals surface area contributed by atoms with Gasteiger partial charge < -0.3 is 15.7 Å². The first kappa shape index (κ1) is 15.1. The Morgan fingerprint density at radius 3 is 2.74 bits per heavy atom. The number of benzene rings is 1. The molecule has 0 atom stereocenters. The lowest BCUT2D eigenvalue weighted by atomic mass is 10.2. The van der Waals surface area contributed by atoms with Crippen molar-refractivity contribution >= 4 is 40.0 Å². The Morgan fingerprint density at radius 2 is 2.00 bits per heavy atom. The van der Waals surface area contributed by atoms with Gasteiger partial charge in [0.2, 0.25) is 0 Å². The summed E-state index contributed by atoms with van der Waals surface area (Å²) >= 11 is 5.80. The molecule has 0 bridgehead atoms. The number of nitrogens with one attached hydrogen (secondary N) is 2. The molecule has 7 nitrogen and oxygen atoms in total. The Kier molecular flexibility index (Phi) is 3.79. The van der Waals surface area contributed by atoms with Gasteiger partial charge in [-0.1, -0.05) is 11.6 Å². The smallest absolute Gasteiger partial charge is 0.323 e. The van der Waals surface area contributed by atoms with E-state index in [1.165, 1.54) is 12.1 Å². The molecule has 8 heteroatoms. The van der Waals surface area contributed by atoms with E-state index in [-0.39, 0.29) is 10.8 Å². The van der Waals surface area contributed by atoms with Crippen LogP contribution in [-0.4, -0.2) is 25.9 Å². The number of pyridine rings is 1. The fraction of sp³-hybridized carbons (Fsp3) is 0.133. The summed E-state index contributed by atoms with van der Waals surface area (Å²) in [4.78, 5) is 16.3. The molecule has 0 aliphatic carbocycles. The second kappa shape index (κ2) is 5.77. The summed E-state index contributed by atoms with van der Waals surface area (Å²) in [5.41, 5.74) is 2.61. The number of amides is 2. The molecule has 0 fully saturated rings. The number of phenolic OH excluding ortho intramolecular Hbond substituents is 1. The molecule has 2 amide bonds. The molecule has 0 aliphatic heterocycles. The van der Waals surface area contributed by atoms with Crippen molar-refractivity contribution in [1.29, 1.82) is 0 Å². The number of carbonyl (C=O) groups is 1. The molecule has 2 heterocycles. The maximum absolute atomic E-state index is 12.0. The highest BCUT2D eigenvalue weighted by atomic mass is 35.5. The number of halogens is 1. The minimum Gasteiger partial charge on any atom is -0.506 e. The first-order valence-corrected chi connectivity index (χ1v) is 7.17. The molecule has 3 rings (SSSR count). The minimum absolute atomic E-state index is 0.0423. The number of phenols is 1. The van der Waals surface area contributed by atoms with Crippen LogP contribution in [0.3, 0.4) is 0 Å². The topological polar surface area (TPSA) is 92.1 Å².